The van der Waals surface area contributed by atoms with Gasteiger partial charge in [-0.25, -0.2) is 0 Å². The van der Waals surface area contributed by atoms with Crippen molar-refractivity contribution in [1.29, 1.82) is 0 Å². The van der Waals surface area contributed by atoms with Crippen LogP contribution in [0.5, 0.6) is 0 Å². The van der Waals surface area contributed by atoms with E-state index in [1.165, 1.54) is 12.1 Å². The fraction of sp³-hybridized carbons (Fsp3) is 0.143. The van der Waals surface area contributed by atoms with Gasteiger partial charge in [-0.15, -0.1) is 0 Å². The molecule has 2 aromatic carbocycles. The fourth-order valence-corrected chi connectivity index (χ4v) is 1.97. The van der Waals surface area contributed by atoms with E-state index in [4.69, 9.17) is 11.5 Å². The monoisotopic (exact) mass is 266 g/mol. The van der Waals surface area contributed by atoms with E-state index in [2.05, 4.69) is 0 Å². The minimum absolute atomic E-state index is 0.0637. The van der Waals surface area contributed by atoms with Gasteiger partial charge in [-0.1, -0.05) is 24.3 Å². The molecule has 0 heterocycles. The number of nitrogen functional groups attached to an aromatic ring is 2. The van der Waals surface area contributed by atoms with Crippen molar-refractivity contribution >= 4 is 11.4 Å². The fourth-order valence-electron chi connectivity index (χ4n) is 1.97. The number of anilines is 2. The summed E-state index contributed by atoms with van der Waals surface area (Å²) in [5.41, 5.74) is 12.4. The topological polar surface area (TPSA) is 52.0 Å². The van der Waals surface area contributed by atoms with Crippen LogP contribution in [0.3, 0.4) is 0 Å². The standard InChI is InChI=1S/C14H13F3N2/c15-14(16,17)11-5-2-1-4-9(11)8-10-12(18)6-3-7-13(10)19/h1-7H,8,18-19H2. The molecule has 5 heteroatoms. The molecular formula is C14H13F3N2. The average molecular weight is 266 g/mol. The number of hydrogen-bond acceptors (Lipinski definition) is 2. The van der Waals surface area contributed by atoms with Crippen LogP contribution in [0.25, 0.3) is 0 Å². The zero-order valence-electron chi connectivity index (χ0n) is 10.0. The highest BCUT2D eigenvalue weighted by atomic mass is 19.4. The van der Waals surface area contributed by atoms with E-state index in [-0.39, 0.29) is 12.0 Å². The molecule has 0 saturated heterocycles. The molecule has 100 valence electrons. The van der Waals surface area contributed by atoms with Gasteiger partial charge in [0.2, 0.25) is 0 Å². The SMILES string of the molecule is Nc1cccc(N)c1Cc1ccccc1C(F)(F)F. The molecule has 0 aliphatic heterocycles. The molecule has 0 unspecified atom stereocenters. The molecule has 0 saturated carbocycles. The van der Waals surface area contributed by atoms with E-state index in [1.54, 1.807) is 24.3 Å². The number of benzene rings is 2. The van der Waals surface area contributed by atoms with Gasteiger partial charge in [0.1, 0.15) is 0 Å². The molecule has 0 aromatic heterocycles. The summed E-state index contributed by atoms with van der Waals surface area (Å²) >= 11 is 0. The van der Waals surface area contributed by atoms with Gasteiger partial charge in [0.05, 0.1) is 5.56 Å². The number of nitrogens with two attached hydrogens (primary N) is 2. The molecule has 0 bridgehead atoms. The summed E-state index contributed by atoms with van der Waals surface area (Å²) in [5, 5.41) is 0. The lowest BCUT2D eigenvalue weighted by Gasteiger charge is -2.14. The third-order valence-electron chi connectivity index (χ3n) is 2.94. The lowest BCUT2D eigenvalue weighted by atomic mass is 9.97. The predicted molar refractivity (Wildman–Crippen MR) is 69.5 cm³/mol. The van der Waals surface area contributed by atoms with Crippen LogP contribution in [-0.2, 0) is 12.6 Å². The molecule has 0 spiro atoms. The van der Waals surface area contributed by atoms with Crippen LogP contribution >= 0.6 is 0 Å². The van der Waals surface area contributed by atoms with Crippen molar-refractivity contribution in [3.05, 3.63) is 59.2 Å². The molecule has 2 rings (SSSR count). The van der Waals surface area contributed by atoms with Gasteiger partial charge in [0.15, 0.2) is 0 Å². The zero-order valence-corrected chi connectivity index (χ0v) is 10.0. The minimum atomic E-state index is -4.38. The van der Waals surface area contributed by atoms with Gasteiger partial charge >= 0.3 is 6.18 Å². The average Bonchev–Trinajstić information content (AvgIpc) is 2.33. The zero-order chi connectivity index (χ0) is 14.0. The van der Waals surface area contributed by atoms with Crippen LogP contribution in [0.15, 0.2) is 42.5 Å². The third kappa shape index (κ3) is 2.81. The van der Waals surface area contributed by atoms with Gasteiger partial charge < -0.3 is 11.5 Å². The highest BCUT2D eigenvalue weighted by Gasteiger charge is 2.32. The Morgan fingerprint density at radius 3 is 2.00 bits per heavy atom. The third-order valence-corrected chi connectivity index (χ3v) is 2.94. The lowest BCUT2D eigenvalue weighted by molar-refractivity contribution is -0.138. The Morgan fingerprint density at radius 2 is 1.42 bits per heavy atom. The number of halogens is 3. The molecule has 0 fully saturated rings. The Balaban J connectivity index is 2.45. The molecule has 0 aliphatic carbocycles. The van der Waals surface area contributed by atoms with Crippen LogP contribution < -0.4 is 11.5 Å². The maximum atomic E-state index is 12.9. The summed E-state index contributed by atoms with van der Waals surface area (Å²) in [7, 11) is 0. The molecule has 2 aromatic rings. The quantitative estimate of drug-likeness (QED) is 0.818. The Kier molecular flexibility index (Phi) is 3.38. The molecule has 4 N–H and O–H groups in total. The highest BCUT2D eigenvalue weighted by molar-refractivity contribution is 5.62. The van der Waals surface area contributed by atoms with Crippen molar-refractivity contribution in [2.24, 2.45) is 0 Å². The van der Waals surface area contributed by atoms with E-state index < -0.39 is 11.7 Å². The van der Waals surface area contributed by atoms with E-state index in [0.717, 1.165) is 6.07 Å². The van der Waals surface area contributed by atoms with Crippen molar-refractivity contribution < 1.29 is 13.2 Å². The Bertz CT molecular complexity index is 571. The van der Waals surface area contributed by atoms with Crippen molar-refractivity contribution in [1.82, 2.24) is 0 Å². The van der Waals surface area contributed by atoms with Crippen molar-refractivity contribution in [3.8, 4) is 0 Å². The largest absolute Gasteiger partial charge is 0.416 e. The predicted octanol–water partition coefficient (Wildman–Crippen LogP) is 3.46. The molecule has 2 nitrogen and oxygen atoms in total. The molecule has 19 heavy (non-hydrogen) atoms. The van der Waals surface area contributed by atoms with Gasteiger partial charge in [-0.05, 0) is 23.8 Å². The van der Waals surface area contributed by atoms with Gasteiger partial charge in [-0.2, -0.15) is 13.2 Å². The molecule has 0 amide bonds. The van der Waals surface area contributed by atoms with Crippen molar-refractivity contribution in [3.63, 3.8) is 0 Å². The number of hydrogen-bond donors (Lipinski definition) is 2. The first-order valence-electron chi connectivity index (χ1n) is 5.67. The molecule has 0 aliphatic rings. The maximum Gasteiger partial charge on any atom is 0.416 e. The summed E-state index contributed by atoms with van der Waals surface area (Å²) in [6.07, 6.45) is -4.32. The summed E-state index contributed by atoms with van der Waals surface area (Å²) in [6.45, 7) is 0. The van der Waals surface area contributed by atoms with Crippen LogP contribution in [0, 0.1) is 0 Å². The summed E-state index contributed by atoms with van der Waals surface area (Å²) in [4.78, 5) is 0. The van der Waals surface area contributed by atoms with E-state index in [9.17, 15) is 13.2 Å². The van der Waals surface area contributed by atoms with E-state index in [0.29, 0.717) is 16.9 Å². The van der Waals surface area contributed by atoms with Gasteiger partial charge in [-0.3, -0.25) is 0 Å². The Hall–Kier alpha value is -2.17. The van der Waals surface area contributed by atoms with Gasteiger partial charge in [0, 0.05) is 23.4 Å². The Labute approximate surface area is 108 Å². The van der Waals surface area contributed by atoms with Crippen molar-refractivity contribution in [2.75, 3.05) is 11.5 Å². The highest BCUT2D eigenvalue weighted by Crippen LogP contribution is 2.34. The lowest BCUT2D eigenvalue weighted by Crippen LogP contribution is -2.10. The van der Waals surface area contributed by atoms with Crippen LogP contribution in [0.4, 0.5) is 24.5 Å². The summed E-state index contributed by atoms with van der Waals surface area (Å²) in [6, 6.07) is 10.4. The first kappa shape index (κ1) is 13.3. The smallest absolute Gasteiger partial charge is 0.398 e. The molecule has 0 radical (unpaired) electrons. The molecule has 0 atom stereocenters. The number of rotatable bonds is 2. The first-order valence-corrected chi connectivity index (χ1v) is 5.67. The summed E-state index contributed by atoms with van der Waals surface area (Å²) in [5.74, 6) is 0. The van der Waals surface area contributed by atoms with Crippen molar-refractivity contribution in [2.45, 2.75) is 12.6 Å². The van der Waals surface area contributed by atoms with Crippen LogP contribution in [0.1, 0.15) is 16.7 Å². The maximum absolute atomic E-state index is 12.9. The second kappa shape index (κ2) is 4.84. The van der Waals surface area contributed by atoms with Crippen LogP contribution in [0.2, 0.25) is 0 Å². The summed E-state index contributed by atoms with van der Waals surface area (Å²) < 4.78 is 38.7. The van der Waals surface area contributed by atoms with E-state index in [1.807, 2.05) is 0 Å². The van der Waals surface area contributed by atoms with Gasteiger partial charge in [0.25, 0.3) is 0 Å². The second-order valence-electron chi connectivity index (χ2n) is 4.25. The van der Waals surface area contributed by atoms with Crippen LogP contribution in [-0.4, -0.2) is 0 Å². The normalized spacial score (nSPS) is 11.5. The minimum Gasteiger partial charge on any atom is -0.398 e. The number of alkyl halides is 3. The Morgan fingerprint density at radius 1 is 0.842 bits per heavy atom. The molecular weight excluding hydrogens is 253 g/mol. The second-order valence-corrected chi connectivity index (χ2v) is 4.25. The van der Waals surface area contributed by atoms with E-state index >= 15 is 0 Å². The first-order chi connectivity index (χ1) is 8.89.